The van der Waals surface area contributed by atoms with Gasteiger partial charge in [0.15, 0.2) is 0 Å². The van der Waals surface area contributed by atoms with Crippen molar-refractivity contribution < 1.29 is 4.79 Å². The van der Waals surface area contributed by atoms with Gasteiger partial charge in [0.25, 0.3) is 5.91 Å². The van der Waals surface area contributed by atoms with Gasteiger partial charge in [0.2, 0.25) is 0 Å². The minimum atomic E-state index is -0.233. The molecule has 1 aromatic carbocycles. The molecule has 0 aromatic heterocycles. The second kappa shape index (κ2) is 11.5. The maximum absolute atomic E-state index is 12.5. The van der Waals surface area contributed by atoms with Gasteiger partial charge in [0, 0.05) is 6.04 Å². The third-order valence-electron chi connectivity index (χ3n) is 4.92. The largest absolute Gasteiger partial charge is 0.349 e. The summed E-state index contributed by atoms with van der Waals surface area (Å²) in [5.41, 5.74) is 1.07. The molecule has 1 amide bonds. The molecule has 0 bridgehead atoms. The Morgan fingerprint density at radius 3 is 1.96 bits per heavy atom. The average Bonchev–Trinajstić information content (AvgIpc) is 2.62. The lowest BCUT2D eigenvalue weighted by molar-refractivity contribution is -0.117. The molecule has 0 saturated heterocycles. The summed E-state index contributed by atoms with van der Waals surface area (Å²) < 4.78 is 0. The van der Waals surface area contributed by atoms with Gasteiger partial charge in [-0.25, -0.2) is 0 Å². The lowest BCUT2D eigenvalue weighted by Crippen LogP contribution is -2.35. The number of hydrogen-bond donors (Lipinski definition) is 1. The maximum Gasteiger partial charge on any atom is 0.262 e. The predicted octanol–water partition coefficient (Wildman–Crippen LogP) is 5.38. The molecule has 1 saturated carbocycles. The summed E-state index contributed by atoms with van der Waals surface area (Å²) in [7, 11) is 0. The highest BCUT2D eigenvalue weighted by Gasteiger charge is 2.16. The predicted molar refractivity (Wildman–Crippen MR) is 103 cm³/mol. The zero-order chi connectivity index (χ0) is 17.7. The molecule has 2 rings (SSSR count). The summed E-state index contributed by atoms with van der Waals surface area (Å²) in [6, 6.07) is 11.8. The molecule has 0 spiro atoms. The fourth-order valence-corrected chi connectivity index (χ4v) is 3.44. The fraction of sp³-hybridized carbons (Fsp3) is 0.545. The van der Waals surface area contributed by atoms with E-state index in [2.05, 4.69) is 11.4 Å². The van der Waals surface area contributed by atoms with Crippen molar-refractivity contribution in [3.8, 4) is 6.07 Å². The highest BCUT2D eigenvalue weighted by atomic mass is 16.1. The van der Waals surface area contributed by atoms with Crippen LogP contribution in [0.5, 0.6) is 0 Å². The van der Waals surface area contributed by atoms with Gasteiger partial charge in [-0.1, -0.05) is 88.1 Å². The third kappa shape index (κ3) is 7.56. The van der Waals surface area contributed by atoms with Crippen LogP contribution in [0, 0.1) is 11.3 Å². The molecule has 0 unspecified atom stereocenters. The van der Waals surface area contributed by atoms with Crippen LogP contribution in [0.15, 0.2) is 35.9 Å². The standard InChI is InChI=1S/C22H30N2O/c23-18-20(17-19-13-9-8-10-14-19)22(25)24-21-15-11-6-4-2-1-3-5-7-12-16-21/h8-10,13-14,17,21H,1-7,11-12,15-16H2,(H,24,25)/b20-17+. The Balaban J connectivity index is 1.94. The van der Waals surface area contributed by atoms with Crippen LogP contribution in [-0.4, -0.2) is 11.9 Å². The number of nitrogens with zero attached hydrogens (tertiary/aromatic N) is 1. The Morgan fingerprint density at radius 2 is 1.44 bits per heavy atom. The van der Waals surface area contributed by atoms with Crippen molar-refractivity contribution in [1.82, 2.24) is 5.32 Å². The van der Waals surface area contributed by atoms with E-state index < -0.39 is 0 Å². The van der Waals surface area contributed by atoms with Gasteiger partial charge in [-0.3, -0.25) is 4.79 Å². The minimum absolute atomic E-state index is 0.192. The van der Waals surface area contributed by atoms with Crippen molar-refractivity contribution >= 4 is 12.0 Å². The van der Waals surface area contributed by atoms with Gasteiger partial charge in [0.1, 0.15) is 11.6 Å². The quantitative estimate of drug-likeness (QED) is 0.594. The molecule has 1 aliphatic rings. The highest BCUT2D eigenvalue weighted by Crippen LogP contribution is 2.17. The van der Waals surface area contributed by atoms with Crippen LogP contribution in [0.1, 0.15) is 76.2 Å². The molecule has 3 heteroatoms. The SMILES string of the molecule is N#C/C(=C\c1ccccc1)C(=O)NC1CCCCCCCCCCC1. The van der Waals surface area contributed by atoms with Crippen molar-refractivity contribution in [2.24, 2.45) is 0 Å². The van der Waals surface area contributed by atoms with Crippen molar-refractivity contribution in [3.05, 3.63) is 41.5 Å². The van der Waals surface area contributed by atoms with Gasteiger partial charge < -0.3 is 5.32 Å². The number of carbonyl (C=O) groups excluding carboxylic acids is 1. The van der Waals surface area contributed by atoms with E-state index in [1.165, 1.54) is 44.9 Å². The number of benzene rings is 1. The summed E-state index contributed by atoms with van der Waals surface area (Å²) in [6.45, 7) is 0. The van der Waals surface area contributed by atoms with Gasteiger partial charge in [-0.05, 0) is 24.5 Å². The molecule has 0 aliphatic heterocycles. The monoisotopic (exact) mass is 338 g/mol. The first kappa shape index (κ1) is 19.2. The van der Waals surface area contributed by atoms with Gasteiger partial charge in [0.05, 0.1) is 0 Å². The molecular formula is C22H30N2O. The number of nitrogens with one attached hydrogen (secondary N) is 1. The van der Waals surface area contributed by atoms with E-state index in [-0.39, 0.29) is 17.5 Å². The first-order chi connectivity index (χ1) is 12.3. The Labute approximate surface area is 152 Å². The highest BCUT2D eigenvalue weighted by molar-refractivity contribution is 6.01. The second-order valence-corrected chi connectivity index (χ2v) is 7.01. The van der Waals surface area contributed by atoms with E-state index in [1.807, 2.05) is 30.3 Å². The molecule has 1 N–H and O–H groups in total. The number of hydrogen-bond acceptors (Lipinski definition) is 2. The molecule has 0 atom stereocenters. The van der Waals surface area contributed by atoms with Crippen molar-refractivity contribution in [2.75, 3.05) is 0 Å². The summed E-state index contributed by atoms with van der Waals surface area (Å²) in [5, 5.41) is 12.5. The zero-order valence-electron chi connectivity index (χ0n) is 15.2. The minimum Gasteiger partial charge on any atom is -0.349 e. The molecular weight excluding hydrogens is 308 g/mol. The van der Waals surface area contributed by atoms with Crippen LogP contribution in [0.4, 0.5) is 0 Å². The number of amides is 1. The van der Waals surface area contributed by atoms with Crippen molar-refractivity contribution in [3.63, 3.8) is 0 Å². The first-order valence-electron chi connectivity index (χ1n) is 9.77. The topological polar surface area (TPSA) is 52.9 Å². The van der Waals surface area contributed by atoms with E-state index in [1.54, 1.807) is 6.08 Å². The lowest BCUT2D eigenvalue weighted by atomic mass is 9.97. The molecule has 1 fully saturated rings. The van der Waals surface area contributed by atoms with Crippen LogP contribution in [0.25, 0.3) is 6.08 Å². The molecule has 1 aromatic rings. The Hall–Kier alpha value is -2.08. The van der Waals surface area contributed by atoms with Gasteiger partial charge >= 0.3 is 0 Å². The van der Waals surface area contributed by atoms with Crippen LogP contribution in [0.3, 0.4) is 0 Å². The summed E-state index contributed by atoms with van der Waals surface area (Å²) in [5.74, 6) is -0.233. The number of nitriles is 1. The van der Waals surface area contributed by atoms with E-state index in [9.17, 15) is 10.1 Å². The molecule has 134 valence electrons. The average molecular weight is 338 g/mol. The van der Waals surface area contributed by atoms with Gasteiger partial charge in [-0.15, -0.1) is 0 Å². The van der Waals surface area contributed by atoms with Crippen molar-refractivity contribution in [1.29, 1.82) is 5.26 Å². The summed E-state index contributed by atoms with van der Waals surface area (Å²) in [6.07, 6.45) is 15.2. The fourth-order valence-electron chi connectivity index (χ4n) is 3.44. The zero-order valence-corrected chi connectivity index (χ0v) is 15.2. The third-order valence-corrected chi connectivity index (χ3v) is 4.92. The van der Waals surface area contributed by atoms with Crippen molar-refractivity contribution in [2.45, 2.75) is 76.7 Å². The Kier molecular flexibility index (Phi) is 8.83. The number of carbonyl (C=O) groups is 1. The maximum atomic E-state index is 12.5. The van der Waals surface area contributed by atoms with E-state index in [4.69, 9.17) is 0 Å². The Bertz CT molecular complexity index is 574. The summed E-state index contributed by atoms with van der Waals surface area (Å²) >= 11 is 0. The van der Waals surface area contributed by atoms with E-state index >= 15 is 0 Å². The van der Waals surface area contributed by atoms with Crippen LogP contribution < -0.4 is 5.32 Å². The van der Waals surface area contributed by atoms with Crippen LogP contribution in [0.2, 0.25) is 0 Å². The molecule has 1 aliphatic carbocycles. The Morgan fingerprint density at radius 1 is 0.920 bits per heavy atom. The smallest absolute Gasteiger partial charge is 0.262 e. The van der Waals surface area contributed by atoms with Crippen LogP contribution >= 0.6 is 0 Å². The molecule has 0 radical (unpaired) electrons. The van der Waals surface area contributed by atoms with Gasteiger partial charge in [-0.2, -0.15) is 5.26 Å². The second-order valence-electron chi connectivity index (χ2n) is 7.01. The van der Waals surface area contributed by atoms with E-state index in [0.29, 0.717) is 0 Å². The first-order valence-corrected chi connectivity index (χ1v) is 9.77. The molecule has 3 nitrogen and oxygen atoms in total. The molecule has 0 heterocycles. The van der Waals surface area contributed by atoms with E-state index in [0.717, 1.165) is 31.2 Å². The van der Waals surface area contributed by atoms with Crippen LogP contribution in [-0.2, 0) is 4.79 Å². The number of rotatable bonds is 3. The molecule has 25 heavy (non-hydrogen) atoms. The lowest BCUT2D eigenvalue weighted by Gasteiger charge is -2.19. The normalized spacial score (nSPS) is 18.4. The summed E-state index contributed by atoms with van der Waals surface area (Å²) in [4.78, 5) is 12.5.